The molecule has 0 aromatic heterocycles. The SMILES string of the molecule is CN(C)CC(=O)Nc1ccc(NC(=O)c2ccc(NC(=O)NC(C)(C)C)cc2O)cc1. The lowest BCUT2D eigenvalue weighted by molar-refractivity contribution is -0.116. The van der Waals surface area contributed by atoms with Gasteiger partial charge in [-0.05, 0) is 71.3 Å². The fourth-order valence-corrected chi connectivity index (χ4v) is 2.63. The van der Waals surface area contributed by atoms with Crippen LogP contribution in [-0.2, 0) is 4.79 Å². The smallest absolute Gasteiger partial charge is 0.319 e. The Kier molecular flexibility index (Phi) is 7.60. The van der Waals surface area contributed by atoms with Crippen molar-refractivity contribution in [1.29, 1.82) is 0 Å². The number of amides is 4. The van der Waals surface area contributed by atoms with E-state index in [0.717, 1.165) is 0 Å². The van der Waals surface area contributed by atoms with Crippen molar-refractivity contribution in [1.82, 2.24) is 10.2 Å². The monoisotopic (exact) mass is 427 g/mol. The van der Waals surface area contributed by atoms with Gasteiger partial charge in [0.15, 0.2) is 0 Å². The molecule has 31 heavy (non-hydrogen) atoms. The van der Waals surface area contributed by atoms with Gasteiger partial charge in [0.2, 0.25) is 5.91 Å². The Hall–Kier alpha value is -3.59. The number of hydrogen-bond acceptors (Lipinski definition) is 5. The van der Waals surface area contributed by atoms with E-state index in [-0.39, 0.29) is 23.8 Å². The molecule has 0 bridgehead atoms. The molecule has 0 spiro atoms. The Morgan fingerprint density at radius 3 is 1.94 bits per heavy atom. The molecule has 0 heterocycles. The first kappa shape index (κ1) is 23.7. The lowest BCUT2D eigenvalue weighted by Crippen LogP contribution is -2.43. The lowest BCUT2D eigenvalue weighted by atomic mass is 10.1. The average Bonchev–Trinajstić information content (AvgIpc) is 2.61. The van der Waals surface area contributed by atoms with Crippen LogP contribution in [-0.4, -0.2) is 54.0 Å². The van der Waals surface area contributed by atoms with Gasteiger partial charge in [0.25, 0.3) is 5.91 Å². The number of rotatable bonds is 6. The zero-order valence-corrected chi connectivity index (χ0v) is 18.4. The van der Waals surface area contributed by atoms with Crippen molar-refractivity contribution < 1.29 is 19.5 Å². The molecule has 2 aromatic rings. The number of carbonyl (C=O) groups excluding carboxylic acids is 3. The quantitative estimate of drug-likeness (QED) is 0.485. The second-order valence-corrected chi connectivity index (χ2v) is 8.38. The minimum absolute atomic E-state index is 0.0603. The molecule has 0 radical (unpaired) electrons. The fraction of sp³-hybridized carbons (Fsp3) is 0.318. The van der Waals surface area contributed by atoms with Crippen molar-refractivity contribution in [3.8, 4) is 5.75 Å². The molecule has 0 saturated carbocycles. The van der Waals surface area contributed by atoms with E-state index >= 15 is 0 Å². The predicted molar refractivity (Wildman–Crippen MR) is 122 cm³/mol. The third kappa shape index (κ3) is 7.98. The number of phenolic OH excluding ortho intramolecular Hbond substituents is 1. The normalized spacial score (nSPS) is 11.0. The van der Waals surface area contributed by atoms with Crippen LogP contribution in [0.5, 0.6) is 5.75 Å². The highest BCUT2D eigenvalue weighted by molar-refractivity contribution is 6.06. The van der Waals surface area contributed by atoms with Crippen LogP contribution in [0.3, 0.4) is 0 Å². The Morgan fingerprint density at radius 2 is 1.42 bits per heavy atom. The number of nitrogens with zero attached hydrogens (tertiary/aromatic N) is 1. The number of urea groups is 1. The van der Waals surface area contributed by atoms with Crippen LogP contribution < -0.4 is 21.3 Å². The summed E-state index contributed by atoms with van der Waals surface area (Å²) in [5, 5.41) is 21.0. The Labute approximate surface area is 181 Å². The van der Waals surface area contributed by atoms with Crippen molar-refractivity contribution in [2.75, 3.05) is 36.6 Å². The zero-order chi connectivity index (χ0) is 23.2. The average molecular weight is 428 g/mol. The third-order valence-electron chi connectivity index (χ3n) is 3.88. The summed E-state index contributed by atoms with van der Waals surface area (Å²) in [6.07, 6.45) is 0. The molecule has 4 amide bonds. The highest BCUT2D eigenvalue weighted by Crippen LogP contribution is 2.24. The van der Waals surface area contributed by atoms with Gasteiger partial charge in [0.1, 0.15) is 5.75 Å². The van der Waals surface area contributed by atoms with Crippen LogP contribution in [0.15, 0.2) is 42.5 Å². The van der Waals surface area contributed by atoms with Gasteiger partial charge in [0, 0.05) is 28.7 Å². The Balaban J connectivity index is 1.99. The highest BCUT2D eigenvalue weighted by atomic mass is 16.3. The molecule has 0 aliphatic rings. The van der Waals surface area contributed by atoms with Gasteiger partial charge >= 0.3 is 6.03 Å². The molecule has 166 valence electrons. The van der Waals surface area contributed by atoms with Gasteiger partial charge in [-0.1, -0.05) is 0 Å². The number of nitrogens with one attached hydrogen (secondary N) is 4. The molecule has 0 unspecified atom stereocenters. The first-order valence-corrected chi connectivity index (χ1v) is 9.71. The summed E-state index contributed by atoms with van der Waals surface area (Å²) in [4.78, 5) is 38.0. The summed E-state index contributed by atoms with van der Waals surface area (Å²) in [6.45, 7) is 5.81. The Bertz CT molecular complexity index is 949. The molecule has 5 N–H and O–H groups in total. The van der Waals surface area contributed by atoms with Gasteiger partial charge in [-0.15, -0.1) is 0 Å². The minimum Gasteiger partial charge on any atom is -0.507 e. The minimum atomic E-state index is -0.507. The summed E-state index contributed by atoms with van der Waals surface area (Å²) >= 11 is 0. The first-order valence-electron chi connectivity index (χ1n) is 9.71. The fourth-order valence-electron chi connectivity index (χ4n) is 2.63. The van der Waals surface area contributed by atoms with Gasteiger partial charge < -0.3 is 31.3 Å². The number of aromatic hydroxyl groups is 1. The molecule has 0 fully saturated rings. The van der Waals surface area contributed by atoms with Crippen molar-refractivity contribution in [2.45, 2.75) is 26.3 Å². The van der Waals surface area contributed by atoms with E-state index in [9.17, 15) is 19.5 Å². The molecule has 2 rings (SSSR count). The van der Waals surface area contributed by atoms with E-state index in [4.69, 9.17) is 0 Å². The number of benzene rings is 2. The van der Waals surface area contributed by atoms with Crippen LogP contribution in [0.1, 0.15) is 31.1 Å². The maximum Gasteiger partial charge on any atom is 0.319 e. The van der Waals surface area contributed by atoms with Gasteiger partial charge in [-0.25, -0.2) is 4.79 Å². The van der Waals surface area contributed by atoms with Crippen LogP contribution in [0.4, 0.5) is 21.9 Å². The molecule has 0 aliphatic carbocycles. The second kappa shape index (κ2) is 9.94. The summed E-state index contributed by atoms with van der Waals surface area (Å²) in [5.74, 6) is -0.914. The first-order chi connectivity index (χ1) is 14.4. The molecule has 0 atom stereocenters. The number of hydrogen-bond donors (Lipinski definition) is 5. The van der Waals surface area contributed by atoms with Gasteiger partial charge in [-0.2, -0.15) is 0 Å². The van der Waals surface area contributed by atoms with E-state index < -0.39 is 17.5 Å². The summed E-state index contributed by atoms with van der Waals surface area (Å²) in [7, 11) is 3.60. The van der Waals surface area contributed by atoms with Crippen LogP contribution in [0, 0.1) is 0 Å². The highest BCUT2D eigenvalue weighted by Gasteiger charge is 2.16. The van der Waals surface area contributed by atoms with Crippen LogP contribution in [0.2, 0.25) is 0 Å². The molecular formula is C22H29N5O4. The van der Waals surface area contributed by atoms with Gasteiger partial charge in [-0.3, -0.25) is 9.59 Å². The number of phenols is 1. The molecular weight excluding hydrogens is 398 g/mol. The third-order valence-corrected chi connectivity index (χ3v) is 3.88. The van der Waals surface area contributed by atoms with E-state index in [1.165, 1.54) is 18.2 Å². The molecule has 0 saturated heterocycles. The largest absolute Gasteiger partial charge is 0.507 e. The van der Waals surface area contributed by atoms with Crippen molar-refractivity contribution in [2.24, 2.45) is 0 Å². The molecule has 0 aliphatic heterocycles. The molecule has 2 aromatic carbocycles. The summed E-state index contributed by atoms with van der Waals surface area (Å²) in [6, 6.07) is 10.5. The lowest BCUT2D eigenvalue weighted by Gasteiger charge is -2.20. The van der Waals surface area contributed by atoms with Crippen LogP contribution in [0.25, 0.3) is 0 Å². The maximum absolute atomic E-state index is 12.5. The van der Waals surface area contributed by atoms with Crippen molar-refractivity contribution >= 4 is 34.9 Å². The summed E-state index contributed by atoms with van der Waals surface area (Å²) < 4.78 is 0. The molecule has 9 nitrogen and oxygen atoms in total. The number of likely N-dealkylation sites (N-methyl/N-ethyl adjacent to an activating group) is 1. The van der Waals surface area contributed by atoms with E-state index in [1.807, 2.05) is 20.8 Å². The molecule has 9 heteroatoms. The van der Waals surface area contributed by atoms with Crippen molar-refractivity contribution in [3.63, 3.8) is 0 Å². The van der Waals surface area contributed by atoms with E-state index in [0.29, 0.717) is 17.1 Å². The number of carbonyl (C=O) groups is 3. The van der Waals surface area contributed by atoms with Gasteiger partial charge in [0.05, 0.1) is 12.1 Å². The summed E-state index contributed by atoms with van der Waals surface area (Å²) in [5.41, 5.74) is 1.12. The van der Waals surface area contributed by atoms with E-state index in [1.54, 1.807) is 43.3 Å². The topological polar surface area (TPSA) is 123 Å². The van der Waals surface area contributed by atoms with E-state index in [2.05, 4.69) is 21.3 Å². The van der Waals surface area contributed by atoms with Crippen LogP contribution >= 0.6 is 0 Å². The number of anilines is 3. The second-order valence-electron chi connectivity index (χ2n) is 8.38. The Morgan fingerprint density at radius 1 is 0.871 bits per heavy atom. The predicted octanol–water partition coefficient (Wildman–Crippen LogP) is 3.06. The zero-order valence-electron chi connectivity index (χ0n) is 18.4. The maximum atomic E-state index is 12.5. The standard InChI is InChI=1S/C22H29N5O4/c1-22(2,3)26-21(31)25-16-10-11-17(18(28)12-16)20(30)24-15-8-6-14(7-9-15)23-19(29)13-27(4)5/h6-12,28H,13H2,1-5H3,(H,23,29)(H,24,30)(H2,25,26,31). The van der Waals surface area contributed by atoms with Crippen molar-refractivity contribution in [3.05, 3.63) is 48.0 Å².